The Morgan fingerprint density at radius 2 is 1.49 bits per heavy atom. The Hall–Kier alpha value is -3.65. The molecule has 1 atom stereocenters. The monoisotopic (exact) mass is 549 g/mol. The lowest BCUT2D eigenvalue weighted by molar-refractivity contribution is -0.141. The number of hydrogen-bond acceptors (Lipinski definition) is 4. The highest BCUT2D eigenvalue weighted by molar-refractivity contribution is 7.92. The largest absolute Gasteiger partial charge is 0.352 e. The van der Waals surface area contributed by atoms with Crippen molar-refractivity contribution in [1.82, 2.24) is 10.2 Å². The quantitative estimate of drug-likeness (QED) is 0.335. The van der Waals surface area contributed by atoms with E-state index < -0.39 is 16.1 Å². The lowest BCUT2D eigenvalue weighted by Crippen LogP contribution is -2.51. The third kappa shape index (κ3) is 9.25. The van der Waals surface area contributed by atoms with Crippen LogP contribution >= 0.6 is 0 Å². The number of amides is 2. The molecule has 0 unspecified atom stereocenters. The molecule has 208 valence electrons. The predicted molar refractivity (Wildman–Crippen MR) is 157 cm³/mol. The van der Waals surface area contributed by atoms with Crippen molar-refractivity contribution < 1.29 is 18.0 Å². The lowest BCUT2D eigenvalue weighted by atomic mass is 10.0. The molecule has 7 nitrogen and oxygen atoms in total. The molecule has 2 amide bonds. The summed E-state index contributed by atoms with van der Waals surface area (Å²) in [6.07, 6.45) is 1.95. The summed E-state index contributed by atoms with van der Waals surface area (Å²) >= 11 is 0. The van der Waals surface area contributed by atoms with Crippen LogP contribution in [0.5, 0.6) is 0 Å². The van der Waals surface area contributed by atoms with Crippen LogP contribution in [0.2, 0.25) is 0 Å². The Kier molecular flexibility index (Phi) is 10.7. The van der Waals surface area contributed by atoms with Crippen LogP contribution in [0.15, 0.2) is 84.9 Å². The van der Waals surface area contributed by atoms with E-state index in [9.17, 15) is 18.0 Å². The number of aryl methyl sites for hydroxylation is 1. The second kappa shape index (κ2) is 13.9. The zero-order chi connectivity index (χ0) is 28.4. The van der Waals surface area contributed by atoms with E-state index in [4.69, 9.17) is 0 Å². The normalized spacial score (nSPS) is 12.1. The standard InChI is InChI=1S/C31H39N3O4S/c1-24(2)32-31(36)29(22-26-14-7-5-8-15-26)33(23-27-16-11-13-25(3)21-27)30(35)19-12-20-34(39(4,37)38)28-17-9-6-10-18-28/h5-11,13-18,21,24,29H,12,19-20,22-23H2,1-4H3,(H,32,36)/t29-/m1/s1. The topological polar surface area (TPSA) is 86.8 Å². The maximum atomic E-state index is 13.8. The van der Waals surface area contributed by atoms with Crippen LogP contribution in [-0.2, 0) is 32.6 Å². The molecule has 39 heavy (non-hydrogen) atoms. The molecule has 8 heteroatoms. The maximum Gasteiger partial charge on any atom is 0.243 e. The van der Waals surface area contributed by atoms with Crippen molar-refractivity contribution >= 4 is 27.5 Å². The summed E-state index contributed by atoms with van der Waals surface area (Å²) in [6, 6.07) is 25.6. The summed E-state index contributed by atoms with van der Waals surface area (Å²) < 4.78 is 26.3. The molecule has 0 aliphatic carbocycles. The molecule has 1 N–H and O–H groups in total. The van der Waals surface area contributed by atoms with E-state index in [1.165, 1.54) is 4.31 Å². The Morgan fingerprint density at radius 1 is 0.872 bits per heavy atom. The van der Waals surface area contributed by atoms with Gasteiger partial charge in [-0.25, -0.2) is 8.42 Å². The third-order valence-corrected chi connectivity index (χ3v) is 7.53. The molecular weight excluding hydrogens is 510 g/mol. The molecule has 0 saturated heterocycles. The summed E-state index contributed by atoms with van der Waals surface area (Å²) in [6.45, 7) is 6.22. The van der Waals surface area contributed by atoms with E-state index in [1.807, 2.05) is 81.4 Å². The van der Waals surface area contributed by atoms with Crippen LogP contribution in [-0.4, -0.2) is 50.0 Å². The van der Waals surface area contributed by atoms with Crippen LogP contribution in [0.3, 0.4) is 0 Å². The van der Waals surface area contributed by atoms with Crippen molar-refractivity contribution in [2.75, 3.05) is 17.1 Å². The molecule has 0 bridgehead atoms. The van der Waals surface area contributed by atoms with Gasteiger partial charge in [0.1, 0.15) is 6.04 Å². The van der Waals surface area contributed by atoms with Crippen LogP contribution < -0.4 is 9.62 Å². The number of nitrogens with one attached hydrogen (secondary N) is 1. The van der Waals surface area contributed by atoms with Crippen molar-refractivity contribution in [3.05, 3.63) is 102 Å². The highest BCUT2D eigenvalue weighted by Crippen LogP contribution is 2.20. The SMILES string of the molecule is Cc1cccc(CN(C(=O)CCCN(c2ccccc2)S(C)(=O)=O)[C@H](Cc2ccccc2)C(=O)NC(C)C)c1. The first-order valence-electron chi connectivity index (χ1n) is 13.3. The van der Waals surface area contributed by atoms with Gasteiger partial charge in [-0.2, -0.15) is 0 Å². The fraction of sp³-hybridized carbons (Fsp3) is 0.355. The van der Waals surface area contributed by atoms with Gasteiger partial charge in [0.15, 0.2) is 0 Å². The predicted octanol–water partition coefficient (Wildman–Crippen LogP) is 4.71. The first-order valence-corrected chi connectivity index (χ1v) is 15.1. The van der Waals surface area contributed by atoms with Crippen molar-refractivity contribution in [3.63, 3.8) is 0 Å². The molecule has 0 aliphatic heterocycles. The van der Waals surface area contributed by atoms with E-state index in [1.54, 1.807) is 29.2 Å². The minimum atomic E-state index is -3.53. The third-order valence-electron chi connectivity index (χ3n) is 6.33. The number of sulfonamides is 1. The first kappa shape index (κ1) is 29.9. The summed E-state index contributed by atoms with van der Waals surface area (Å²) in [5.41, 5.74) is 3.51. The number of carbonyl (C=O) groups excluding carboxylic acids is 2. The lowest BCUT2D eigenvalue weighted by Gasteiger charge is -2.32. The number of rotatable bonds is 13. The van der Waals surface area contributed by atoms with Gasteiger partial charge in [-0.3, -0.25) is 13.9 Å². The molecular formula is C31H39N3O4S. The number of benzene rings is 3. The van der Waals surface area contributed by atoms with E-state index in [2.05, 4.69) is 5.32 Å². The van der Waals surface area contributed by atoms with Crippen LogP contribution in [0.4, 0.5) is 5.69 Å². The summed E-state index contributed by atoms with van der Waals surface area (Å²) in [4.78, 5) is 28.9. The van der Waals surface area contributed by atoms with E-state index >= 15 is 0 Å². The Morgan fingerprint density at radius 3 is 2.08 bits per heavy atom. The maximum absolute atomic E-state index is 13.8. The van der Waals surface area contributed by atoms with Crippen molar-refractivity contribution in [2.24, 2.45) is 0 Å². The summed E-state index contributed by atoms with van der Waals surface area (Å²) in [5.74, 6) is -0.408. The number of carbonyl (C=O) groups is 2. The zero-order valence-corrected chi connectivity index (χ0v) is 24.0. The summed E-state index contributed by atoms with van der Waals surface area (Å²) in [5, 5.41) is 2.99. The van der Waals surface area contributed by atoms with Crippen LogP contribution in [0.25, 0.3) is 0 Å². The van der Waals surface area contributed by atoms with Crippen LogP contribution in [0, 0.1) is 6.92 Å². The van der Waals surface area contributed by atoms with Gasteiger partial charge in [0.05, 0.1) is 11.9 Å². The molecule has 0 radical (unpaired) electrons. The fourth-order valence-electron chi connectivity index (χ4n) is 4.54. The summed E-state index contributed by atoms with van der Waals surface area (Å²) in [7, 11) is -3.53. The second-order valence-corrected chi connectivity index (χ2v) is 12.1. The molecule has 0 heterocycles. The van der Waals surface area contributed by atoms with Crippen LogP contribution in [0.1, 0.15) is 43.4 Å². The van der Waals surface area contributed by atoms with Gasteiger partial charge in [0.2, 0.25) is 21.8 Å². The van der Waals surface area contributed by atoms with Gasteiger partial charge in [-0.05, 0) is 50.5 Å². The molecule has 0 saturated carbocycles. The number of nitrogens with zero attached hydrogens (tertiary/aromatic N) is 2. The minimum absolute atomic E-state index is 0.0825. The molecule has 3 aromatic carbocycles. The van der Waals surface area contributed by atoms with E-state index in [0.717, 1.165) is 22.9 Å². The highest BCUT2D eigenvalue weighted by Gasteiger charge is 2.31. The van der Waals surface area contributed by atoms with Gasteiger partial charge >= 0.3 is 0 Å². The zero-order valence-electron chi connectivity index (χ0n) is 23.2. The van der Waals surface area contributed by atoms with Gasteiger partial charge in [0.25, 0.3) is 0 Å². The number of para-hydroxylation sites is 1. The Labute approximate surface area is 232 Å². The van der Waals surface area contributed by atoms with Gasteiger partial charge in [-0.1, -0.05) is 78.4 Å². The minimum Gasteiger partial charge on any atom is -0.352 e. The average molecular weight is 550 g/mol. The van der Waals surface area contributed by atoms with Crippen molar-refractivity contribution in [2.45, 2.75) is 58.7 Å². The smallest absolute Gasteiger partial charge is 0.243 e. The van der Waals surface area contributed by atoms with Crippen molar-refractivity contribution in [3.8, 4) is 0 Å². The number of anilines is 1. The van der Waals surface area contributed by atoms with Gasteiger partial charge < -0.3 is 10.2 Å². The Balaban J connectivity index is 1.87. The molecule has 0 aliphatic rings. The molecule has 0 aromatic heterocycles. The Bertz CT molecular complexity index is 1330. The second-order valence-electron chi connectivity index (χ2n) is 10.2. The fourth-order valence-corrected chi connectivity index (χ4v) is 5.51. The first-order chi connectivity index (χ1) is 18.5. The highest BCUT2D eigenvalue weighted by atomic mass is 32.2. The van der Waals surface area contributed by atoms with E-state index in [-0.39, 0.29) is 37.4 Å². The van der Waals surface area contributed by atoms with Gasteiger partial charge in [-0.15, -0.1) is 0 Å². The average Bonchev–Trinajstić information content (AvgIpc) is 2.88. The molecule has 0 fully saturated rings. The van der Waals surface area contributed by atoms with Gasteiger partial charge in [0, 0.05) is 32.0 Å². The molecule has 0 spiro atoms. The molecule has 3 aromatic rings. The van der Waals surface area contributed by atoms with E-state index in [0.29, 0.717) is 18.5 Å². The van der Waals surface area contributed by atoms with Crippen molar-refractivity contribution in [1.29, 1.82) is 0 Å². The molecule has 3 rings (SSSR count). The number of hydrogen-bond donors (Lipinski definition) is 1.